The zero-order chi connectivity index (χ0) is 16.4. The number of rotatable bonds is 6. The highest BCUT2D eigenvalue weighted by Crippen LogP contribution is 2.25. The summed E-state index contributed by atoms with van der Waals surface area (Å²) in [5.74, 6) is -1.35. The number of hydrogen-bond donors (Lipinski definition) is 1. The monoisotopic (exact) mass is 358 g/mol. The maximum Gasteiger partial charge on any atom is 0.245 e. The molecule has 0 aliphatic heterocycles. The van der Waals surface area contributed by atoms with Gasteiger partial charge in [0, 0.05) is 37.0 Å². The van der Waals surface area contributed by atoms with Crippen LogP contribution in [0, 0.1) is 5.82 Å². The quantitative estimate of drug-likeness (QED) is 0.803. The smallest absolute Gasteiger partial charge is 0.245 e. The average Bonchev–Trinajstić information content (AvgIpc) is 2.36. The highest BCUT2D eigenvalue weighted by molar-refractivity contribution is 7.91. The summed E-state index contributed by atoms with van der Waals surface area (Å²) < 4.78 is 61.6. The largest absolute Gasteiger partial charge is 0.326 e. The molecular weight excluding hydrogens is 343 g/mol. The fourth-order valence-corrected chi connectivity index (χ4v) is 3.86. The Morgan fingerprint density at radius 1 is 1.29 bits per heavy atom. The van der Waals surface area contributed by atoms with Crippen LogP contribution in [0.4, 0.5) is 4.39 Å². The maximum atomic E-state index is 14.1. The van der Waals surface area contributed by atoms with E-state index in [0.29, 0.717) is 0 Å². The van der Waals surface area contributed by atoms with Crippen molar-refractivity contribution in [2.75, 3.05) is 25.6 Å². The van der Waals surface area contributed by atoms with Crippen molar-refractivity contribution >= 4 is 31.5 Å². The second-order valence-corrected chi connectivity index (χ2v) is 9.25. The van der Waals surface area contributed by atoms with Gasteiger partial charge in [0.2, 0.25) is 10.0 Å². The highest BCUT2D eigenvalue weighted by Gasteiger charge is 2.27. The lowest BCUT2D eigenvalue weighted by atomic mass is 10.2. The summed E-state index contributed by atoms with van der Waals surface area (Å²) in [6.45, 7) is -0.493. The van der Waals surface area contributed by atoms with Gasteiger partial charge < -0.3 is 5.73 Å². The predicted octanol–water partition coefficient (Wildman–Crippen LogP) is 0.603. The van der Waals surface area contributed by atoms with Crippen molar-refractivity contribution < 1.29 is 21.2 Å². The summed E-state index contributed by atoms with van der Waals surface area (Å²) in [5, 5.41) is 0.0342. The molecular formula is C11H16ClFN2O4S2. The Bertz CT molecular complexity index is 735. The van der Waals surface area contributed by atoms with Gasteiger partial charge in [-0.2, -0.15) is 4.31 Å². The Balaban J connectivity index is 3.22. The molecule has 0 radical (unpaired) electrons. The SMILES string of the molecule is CN(CCS(C)(=O)=O)S(=O)(=O)c1cc(Cl)cc(CN)c1F. The molecule has 0 heterocycles. The molecule has 0 atom stereocenters. The van der Waals surface area contributed by atoms with Gasteiger partial charge in [-0.25, -0.2) is 21.2 Å². The van der Waals surface area contributed by atoms with E-state index in [-0.39, 0.29) is 29.4 Å². The predicted molar refractivity (Wildman–Crippen MR) is 78.8 cm³/mol. The number of halogens is 2. The minimum Gasteiger partial charge on any atom is -0.326 e. The number of sulfone groups is 1. The molecule has 0 saturated heterocycles. The fourth-order valence-electron chi connectivity index (χ4n) is 1.54. The topological polar surface area (TPSA) is 97.5 Å². The first kappa shape index (κ1) is 18.3. The van der Waals surface area contributed by atoms with Crippen molar-refractivity contribution in [1.82, 2.24) is 4.31 Å². The van der Waals surface area contributed by atoms with E-state index in [1.165, 1.54) is 13.1 Å². The molecule has 6 nitrogen and oxygen atoms in total. The Kier molecular flexibility index (Phi) is 5.73. The van der Waals surface area contributed by atoms with Crippen molar-refractivity contribution in [2.24, 2.45) is 5.73 Å². The van der Waals surface area contributed by atoms with E-state index in [2.05, 4.69) is 0 Å². The molecule has 0 unspecified atom stereocenters. The molecule has 1 aromatic carbocycles. The van der Waals surface area contributed by atoms with Crippen molar-refractivity contribution in [2.45, 2.75) is 11.4 Å². The van der Waals surface area contributed by atoms with E-state index in [0.717, 1.165) is 16.6 Å². The Morgan fingerprint density at radius 3 is 2.33 bits per heavy atom. The van der Waals surface area contributed by atoms with Crippen LogP contribution in [-0.4, -0.2) is 46.7 Å². The number of nitrogens with zero attached hydrogens (tertiary/aromatic N) is 1. The molecule has 1 rings (SSSR count). The average molecular weight is 359 g/mol. The van der Waals surface area contributed by atoms with Crippen LogP contribution in [0.3, 0.4) is 0 Å². The molecule has 120 valence electrons. The van der Waals surface area contributed by atoms with Crippen LogP contribution in [-0.2, 0) is 26.4 Å². The van der Waals surface area contributed by atoms with Crippen LogP contribution in [0.1, 0.15) is 5.56 Å². The summed E-state index contributed by atoms with van der Waals surface area (Å²) in [4.78, 5) is -0.619. The van der Waals surface area contributed by atoms with Crippen molar-refractivity contribution in [3.05, 3.63) is 28.5 Å². The van der Waals surface area contributed by atoms with Crippen LogP contribution in [0.2, 0.25) is 5.02 Å². The maximum absolute atomic E-state index is 14.1. The third-order valence-corrected chi connectivity index (χ3v) is 5.76. The van der Waals surface area contributed by atoms with Crippen LogP contribution >= 0.6 is 11.6 Å². The minimum atomic E-state index is -4.19. The van der Waals surface area contributed by atoms with Crippen LogP contribution < -0.4 is 5.73 Å². The van der Waals surface area contributed by atoms with Crippen molar-refractivity contribution in [3.8, 4) is 0 Å². The zero-order valence-corrected chi connectivity index (χ0v) is 13.9. The van der Waals surface area contributed by atoms with Gasteiger partial charge in [0.1, 0.15) is 20.5 Å². The molecule has 2 N–H and O–H groups in total. The van der Waals surface area contributed by atoms with Crippen molar-refractivity contribution in [1.29, 1.82) is 0 Å². The molecule has 10 heteroatoms. The summed E-state index contributed by atoms with van der Waals surface area (Å²) >= 11 is 5.76. The first-order valence-electron chi connectivity index (χ1n) is 5.81. The lowest BCUT2D eigenvalue weighted by molar-refractivity contribution is 0.475. The van der Waals surface area contributed by atoms with Crippen molar-refractivity contribution in [3.63, 3.8) is 0 Å². The Hall–Kier alpha value is -0.740. The standard InChI is InChI=1S/C11H16ClFN2O4S2/c1-15(3-4-20(2,16)17)21(18,19)10-6-9(12)5-8(7-14)11(10)13/h5-6H,3-4,7,14H2,1-2H3. The van der Waals surface area contributed by atoms with E-state index in [9.17, 15) is 21.2 Å². The highest BCUT2D eigenvalue weighted by atomic mass is 35.5. The molecule has 0 bridgehead atoms. The third-order valence-electron chi connectivity index (χ3n) is 2.76. The van der Waals surface area contributed by atoms with Gasteiger partial charge in [-0.15, -0.1) is 0 Å². The summed E-state index contributed by atoms with van der Waals surface area (Å²) in [5.41, 5.74) is 5.31. The zero-order valence-electron chi connectivity index (χ0n) is 11.5. The van der Waals surface area contributed by atoms with Gasteiger partial charge >= 0.3 is 0 Å². The molecule has 0 fully saturated rings. The molecule has 0 saturated carbocycles. The first-order valence-corrected chi connectivity index (χ1v) is 9.69. The fraction of sp³-hybridized carbons (Fsp3) is 0.455. The second-order valence-electron chi connectivity index (χ2n) is 4.54. The van der Waals surface area contributed by atoms with Crippen LogP contribution in [0.15, 0.2) is 17.0 Å². The van der Waals surface area contributed by atoms with Gasteiger partial charge in [0.05, 0.1) is 5.75 Å². The summed E-state index contributed by atoms with van der Waals surface area (Å²) in [6.07, 6.45) is 0.986. The number of hydrogen-bond acceptors (Lipinski definition) is 5. The lowest BCUT2D eigenvalue weighted by Crippen LogP contribution is -2.32. The van der Waals surface area contributed by atoms with Gasteiger partial charge in [0.25, 0.3) is 0 Å². The molecule has 0 aromatic heterocycles. The van der Waals surface area contributed by atoms with E-state index < -0.39 is 30.6 Å². The van der Waals surface area contributed by atoms with E-state index >= 15 is 0 Å². The normalized spacial score (nSPS) is 12.9. The van der Waals surface area contributed by atoms with Gasteiger partial charge in [0.15, 0.2) is 0 Å². The van der Waals surface area contributed by atoms with Crippen LogP contribution in [0.25, 0.3) is 0 Å². The molecule has 1 aromatic rings. The van der Waals surface area contributed by atoms with E-state index in [1.54, 1.807) is 0 Å². The lowest BCUT2D eigenvalue weighted by Gasteiger charge is -2.18. The summed E-state index contributed by atoms with van der Waals surface area (Å²) in [6, 6.07) is 2.22. The van der Waals surface area contributed by atoms with E-state index in [1.807, 2.05) is 0 Å². The minimum absolute atomic E-state index is 0.0300. The summed E-state index contributed by atoms with van der Waals surface area (Å²) in [7, 11) is -6.36. The molecule has 0 aliphatic carbocycles. The Labute approximate surface area is 128 Å². The number of benzene rings is 1. The number of sulfonamides is 1. The molecule has 0 spiro atoms. The molecule has 0 aliphatic rings. The number of nitrogens with two attached hydrogens (primary N) is 1. The Morgan fingerprint density at radius 2 is 1.86 bits per heavy atom. The first-order chi connectivity index (χ1) is 9.49. The van der Waals surface area contributed by atoms with Gasteiger partial charge in [-0.1, -0.05) is 11.6 Å². The van der Waals surface area contributed by atoms with Crippen LogP contribution in [0.5, 0.6) is 0 Å². The third kappa shape index (κ3) is 4.62. The second kappa shape index (κ2) is 6.57. The molecule has 21 heavy (non-hydrogen) atoms. The van der Waals surface area contributed by atoms with E-state index in [4.69, 9.17) is 17.3 Å². The van der Waals surface area contributed by atoms with Gasteiger partial charge in [-0.05, 0) is 12.1 Å². The molecule has 0 amide bonds. The van der Waals surface area contributed by atoms with Gasteiger partial charge in [-0.3, -0.25) is 0 Å².